The van der Waals surface area contributed by atoms with Gasteiger partial charge < -0.3 is 10.4 Å². The summed E-state index contributed by atoms with van der Waals surface area (Å²) in [6, 6.07) is 3.22. The molecule has 0 aliphatic heterocycles. The third kappa shape index (κ3) is 3.28. The van der Waals surface area contributed by atoms with E-state index < -0.39 is 10.0 Å². The van der Waals surface area contributed by atoms with Crippen molar-refractivity contribution in [1.82, 2.24) is 9.29 Å². The van der Waals surface area contributed by atoms with Gasteiger partial charge in [-0.05, 0) is 36.8 Å². The highest BCUT2D eigenvalue weighted by Crippen LogP contribution is 2.48. The fraction of sp³-hybridized carbons (Fsp3) is 0.615. The molecule has 0 saturated heterocycles. The number of hydrogen-bond donors (Lipinski definition) is 2. The molecule has 0 spiro atoms. The fourth-order valence-corrected chi connectivity index (χ4v) is 2.90. The van der Waals surface area contributed by atoms with E-state index in [1.54, 1.807) is 12.1 Å². The highest BCUT2D eigenvalue weighted by atomic mass is 32.2. The van der Waals surface area contributed by atoms with E-state index in [0.717, 1.165) is 30.1 Å². The molecule has 1 aromatic rings. The predicted molar refractivity (Wildman–Crippen MR) is 77.0 cm³/mol. The molecule has 0 aromatic carbocycles. The van der Waals surface area contributed by atoms with Crippen LogP contribution in [0.4, 0.5) is 5.82 Å². The summed E-state index contributed by atoms with van der Waals surface area (Å²) in [4.78, 5) is 4.32. The van der Waals surface area contributed by atoms with E-state index in [2.05, 4.69) is 10.3 Å². The summed E-state index contributed by atoms with van der Waals surface area (Å²) in [7, 11) is -0.437. The molecule has 112 valence electrons. The lowest BCUT2D eigenvalue weighted by Crippen LogP contribution is -2.22. The van der Waals surface area contributed by atoms with Gasteiger partial charge >= 0.3 is 0 Å². The Kier molecular flexibility index (Phi) is 4.31. The van der Waals surface area contributed by atoms with Gasteiger partial charge in [0.2, 0.25) is 10.0 Å². The second-order valence-electron chi connectivity index (χ2n) is 5.49. The molecule has 1 aromatic heterocycles. The van der Waals surface area contributed by atoms with Crippen LogP contribution in [0.2, 0.25) is 0 Å². The number of aliphatic hydroxyl groups is 1. The van der Waals surface area contributed by atoms with Crippen molar-refractivity contribution in [2.45, 2.75) is 24.2 Å². The standard InChI is InChI=1S/C13H21N3O3S/c1-16(2)20(18,19)11-3-4-12(14-9-11)15-10-13(5-6-13)7-8-17/h3-4,9,17H,5-8,10H2,1-2H3,(H,14,15). The fourth-order valence-electron chi connectivity index (χ4n) is 2.06. The zero-order valence-corrected chi connectivity index (χ0v) is 12.7. The maximum absolute atomic E-state index is 11.9. The number of aromatic nitrogens is 1. The van der Waals surface area contributed by atoms with Gasteiger partial charge in [-0.15, -0.1) is 0 Å². The second-order valence-corrected chi connectivity index (χ2v) is 7.65. The average molecular weight is 299 g/mol. The van der Waals surface area contributed by atoms with E-state index >= 15 is 0 Å². The van der Waals surface area contributed by atoms with Crippen LogP contribution in [-0.4, -0.2) is 50.1 Å². The van der Waals surface area contributed by atoms with Crippen molar-refractivity contribution >= 4 is 15.8 Å². The summed E-state index contributed by atoms with van der Waals surface area (Å²) in [5.74, 6) is 0.659. The third-order valence-electron chi connectivity index (χ3n) is 3.76. The lowest BCUT2D eigenvalue weighted by molar-refractivity contribution is 0.253. The van der Waals surface area contributed by atoms with Crippen LogP contribution in [0.3, 0.4) is 0 Å². The van der Waals surface area contributed by atoms with Crippen LogP contribution in [0.25, 0.3) is 0 Å². The Hall–Kier alpha value is -1.18. The van der Waals surface area contributed by atoms with E-state index in [1.165, 1.54) is 20.3 Å². The molecule has 2 N–H and O–H groups in total. The van der Waals surface area contributed by atoms with Crippen molar-refractivity contribution in [1.29, 1.82) is 0 Å². The lowest BCUT2D eigenvalue weighted by Gasteiger charge is -2.15. The molecule has 0 atom stereocenters. The minimum Gasteiger partial charge on any atom is -0.396 e. The van der Waals surface area contributed by atoms with Crippen LogP contribution in [-0.2, 0) is 10.0 Å². The van der Waals surface area contributed by atoms with E-state index in [0.29, 0.717) is 5.82 Å². The summed E-state index contributed by atoms with van der Waals surface area (Å²) in [6.07, 6.45) is 4.40. The van der Waals surface area contributed by atoms with Crippen LogP contribution < -0.4 is 5.32 Å². The minimum atomic E-state index is -3.42. The molecule has 0 bridgehead atoms. The molecule has 0 unspecified atom stereocenters. The van der Waals surface area contributed by atoms with Gasteiger partial charge in [0.25, 0.3) is 0 Å². The highest BCUT2D eigenvalue weighted by Gasteiger charge is 2.41. The van der Waals surface area contributed by atoms with Crippen LogP contribution in [0.5, 0.6) is 0 Å². The maximum atomic E-state index is 11.9. The lowest BCUT2D eigenvalue weighted by atomic mass is 10.0. The van der Waals surface area contributed by atoms with Crippen molar-refractivity contribution in [3.63, 3.8) is 0 Å². The van der Waals surface area contributed by atoms with E-state index in [9.17, 15) is 8.42 Å². The first-order valence-corrected chi connectivity index (χ1v) is 8.07. The van der Waals surface area contributed by atoms with Crippen molar-refractivity contribution in [2.75, 3.05) is 32.6 Å². The van der Waals surface area contributed by atoms with Gasteiger partial charge in [0.1, 0.15) is 10.7 Å². The first-order valence-electron chi connectivity index (χ1n) is 6.63. The van der Waals surface area contributed by atoms with E-state index in [1.807, 2.05) is 0 Å². The number of sulfonamides is 1. The van der Waals surface area contributed by atoms with Gasteiger partial charge in [0.05, 0.1) is 0 Å². The van der Waals surface area contributed by atoms with Gasteiger partial charge in [-0.2, -0.15) is 0 Å². The smallest absolute Gasteiger partial charge is 0.244 e. The average Bonchev–Trinajstić information content (AvgIpc) is 3.17. The largest absolute Gasteiger partial charge is 0.396 e. The molecule has 7 heteroatoms. The number of aliphatic hydroxyl groups excluding tert-OH is 1. The minimum absolute atomic E-state index is 0.185. The summed E-state index contributed by atoms with van der Waals surface area (Å²) in [5, 5.41) is 12.2. The van der Waals surface area contributed by atoms with Crippen molar-refractivity contribution in [3.8, 4) is 0 Å². The zero-order valence-electron chi connectivity index (χ0n) is 11.8. The Morgan fingerprint density at radius 1 is 1.40 bits per heavy atom. The molecule has 1 aliphatic rings. The molecule has 1 saturated carbocycles. The summed E-state index contributed by atoms with van der Waals surface area (Å²) in [5.41, 5.74) is 0.199. The first-order chi connectivity index (χ1) is 9.39. The molecular weight excluding hydrogens is 278 g/mol. The molecule has 0 amide bonds. The topological polar surface area (TPSA) is 82.5 Å². The van der Waals surface area contributed by atoms with Crippen molar-refractivity contribution in [3.05, 3.63) is 18.3 Å². The molecular formula is C13H21N3O3S. The molecule has 6 nitrogen and oxygen atoms in total. The summed E-state index contributed by atoms with van der Waals surface area (Å²) >= 11 is 0. The van der Waals surface area contributed by atoms with E-state index in [-0.39, 0.29) is 16.9 Å². The van der Waals surface area contributed by atoms with Crippen LogP contribution >= 0.6 is 0 Å². The van der Waals surface area contributed by atoms with Crippen LogP contribution in [0.1, 0.15) is 19.3 Å². The third-order valence-corrected chi connectivity index (χ3v) is 5.56. The monoisotopic (exact) mass is 299 g/mol. The van der Waals surface area contributed by atoms with Crippen molar-refractivity contribution in [2.24, 2.45) is 5.41 Å². The van der Waals surface area contributed by atoms with Gasteiger partial charge in [0.15, 0.2) is 0 Å². The van der Waals surface area contributed by atoms with Crippen LogP contribution in [0, 0.1) is 5.41 Å². The first kappa shape index (κ1) is 15.2. The number of nitrogens with zero attached hydrogens (tertiary/aromatic N) is 2. The molecule has 0 radical (unpaired) electrons. The highest BCUT2D eigenvalue weighted by molar-refractivity contribution is 7.89. The van der Waals surface area contributed by atoms with Gasteiger partial charge in [0, 0.05) is 33.4 Å². The van der Waals surface area contributed by atoms with Crippen LogP contribution in [0.15, 0.2) is 23.2 Å². The molecule has 1 fully saturated rings. The Labute approximate surface area is 119 Å². The Balaban J connectivity index is 1.99. The number of pyridine rings is 1. The molecule has 1 aliphatic carbocycles. The van der Waals surface area contributed by atoms with Gasteiger partial charge in [-0.25, -0.2) is 17.7 Å². The SMILES string of the molecule is CN(C)S(=O)(=O)c1ccc(NCC2(CCO)CC2)nc1. The Morgan fingerprint density at radius 2 is 2.10 bits per heavy atom. The van der Waals surface area contributed by atoms with Gasteiger partial charge in [-0.3, -0.25) is 0 Å². The molecule has 2 rings (SSSR count). The number of anilines is 1. The van der Waals surface area contributed by atoms with Gasteiger partial charge in [-0.1, -0.05) is 0 Å². The second kappa shape index (κ2) is 5.67. The molecule has 1 heterocycles. The Bertz CT molecular complexity index is 551. The van der Waals surface area contributed by atoms with E-state index in [4.69, 9.17) is 5.11 Å². The number of nitrogens with one attached hydrogen (secondary N) is 1. The number of rotatable bonds is 7. The predicted octanol–water partition coefficient (Wildman–Crippen LogP) is 0.906. The summed E-state index contributed by atoms with van der Waals surface area (Å²) < 4.78 is 25.0. The zero-order chi connectivity index (χ0) is 14.8. The maximum Gasteiger partial charge on any atom is 0.244 e. The summed E-state index contributed by atoms with van der Waals surface area (Å²) in [6.45, 7) is 0.968. The Morgan fingerprint density at radius 3 is 2.55 bits per heavy atom. The number of hydrogen-bond acceptors (Lipinski definition) is 5. The quantitative estimate of drug-likeness (QED) is 0.782. The molecule has 20 heavy (non-hydrogen) atoms. The normalized spacial score (nSPS) is 17.2. The van der Waals surface area contributed by atoms with Crippen molar-refractivity contribution < 1.29 is 13.5 Å².